The standard InChI is InChI=1S/C33H33NO6/c1-20-6-5-7-23(16-20)28-18-24(8-11-31(28)38-22(3)35)29(36)19-26-17-25-9-10-30(21(2)32(25)40-33(26)37)39-27-12-14-34(4)15-13-27/h5-11,16-18,27H,12-15,19H2,1-4H3. The Morgan fingerprint density at radius 1 is 0.975 bits per heavy atom. The van der Waals surface area contributed by atoms with Crippen molar-refractivity contribution >= 4 is 22.7 Å². The summed E-state index contributed by atoms with van der Waals surface area (Å²) in [7, 11) is 2.11. The third kappa shape index (κ3) is 6.00. The molecule has 1 aliphatic heterocycles. The minimum absolute atomic E-state index is 0.120. The van der Waals surface area contributed by atoms with Crippen LogP contribution in [0.25, 0.3) is 22.1 Å². The van der Waals surface area contributed by atoms with Gasteiger partial charge in [0.1, 0.15) is 23.2 Å². The van der Waals surface area contributed by atoms with Crippen LogP contribution in [-0.4, -0.2) is 42.9 Å². The Morgan fingerprint density at radius 3 is 2.45 bits per heavy atom. The van der Waals surface area contributed by atoms with Gasteiger partial charge >= 0.3 is 11.6 Å². The molecule has 0 saturated carbocycles. The Bertz CT molecular complexity index is 1650. The van der Waals surface area contributed by atoms with Gasteiger partial charge in [-0.1, -0.05) is 29.8 Å². The molecule has 0 amide bonds. The molecule has 40 heavy (non-hydrogen) atoms. The van der Waals surface area contributed by atoms with Crippen LogP contribution in [-0.2, 0) is 11.2 Å². The predicted molar refractivity (Wildman–Crippen MR) is 154 cm³/mol. The van der Waals surface area contributed by atoms with Crippen LogP contribution in [0.1, 0.15) is 46.8 Å². The highest BCUT2D eigenvalue weighted by molar-refractivity contribution is 5.99. The van der Waals surface area contributed by atoms with E-state index in [9.17, 15) is 14.4 Å². The first kappa shape index (κ1) is 27.3. The molecule has 0 spiro atoms. The Kier molecular flexibility index (Phi) is 7.85. The molecule has 0 aliphatic carbocycles. The summed E-state index contributed by atoms with van der Waals surface area (Å²) in [4.78, 5) is 40.3. The minimum Gasteiger partial charge on any atom is -0.490 e. The number of likely N-dealkylation sites (tertiary alicyclic amines) is 1. The number of Topliss-reactive ketones (excluding diaryl/α,β-unsaturated/α-hetero) is 1. The maximum Gasteiger partial charge on any atom is 0.339 e. The lowest BCUT2D eigenvalue weighted by molar-refractivity contribution is -0.131. The number of carbonyl (C=O) groups is 2. The molecule has 0 unspecified atom stereocenters. The Balaban J connectivity index is 1.41. The average Bonchev–Trinajstić information content (AvgIpc) is 2.92. The molecule has 1 saturated heterocycles. The first-order valence-electron chi connectivity index (χ1n) is 13.5. The van der Waals surface area contributed by atoms with Crippen molar-refractivity contribution in [3.05, 3.63) is 93.3 Å². The van der Waals surface area contributed by atoms with Crippen molar-refractivity contribution in [1.29, 1.82) is 0 Å². The van der Waals surface area contributed by atoms with E-state index in [1.54, 1.807) is 24.3 Å². The number of esters is 1. The summed E-state index contributed by atoms with van der Waals surface area (Å²) in [5, 5.41) is 0.737. The van der Waals surface area contributed by atoms with E-state index in [1.165, 1.54) is 6.92 Å². The molecular formula is C33H33NO6. The number of benzene rings is 3. The summed E-state index contributed by atoms with van der Waals surface area (Å²) in [6, 6.07) is 18.2. The van der Waals surface area contributed by atoms with Gasteiger partial charge in [0.05, 0.1) is 0 Å². The third-order valence-corrected chi connectivity index (χ3v) is 7.37. The zero-order valence-corrected chi connectivity index (χ0v) is 23.3. The quantitative estimate of drug-likeness (QED) is 0.125. The molecular weight excluding hydrogens is 506 g/mol. The lowest BCUT2D eigenvalue weighted by Crippen LogP contribution is -2.35. The second-order valence-corrected chi connectivity index (χ2v) is 10.6. The van der Waals surface area contributed by atoms with Crippen LogP contribution in [0.5, 0.6) is 11.5 Å². The average molecular weight is 540 g/mol. The number of fused-ring (bicyclic) bond motifs is 1. The molecule has 1 aromatic heterocycles. The lowest BCUT2D eigenvalue weighted by atomic mass is 9.96. The number of ketones is 1. The second kappa shape index (κ2) is 11.5. The number of hydrogen-bond acceptors (Lipinski definition) is 7. The van der Waals surface area contributed by atoms with Crippen LogP contribution in [0.2, 0.25) is 0 Å². The molecule has 0 N–H and O–H groups in total. The Morgan fingerprint density at radius 2 is 1.73 bits per heavy atom. The minimum atomic E-state index is -0.546. The zero-order valence-electron chi connectivity index (χ0n) is 23.3. The molecule has 0 atom stereocenters. The first-order valence-corrected chi connectivity index (χ1v) is 13.5. The normalized spacial score (nSPS) is 14.3. The van der Waals surface area contributed by atoms with E-state index in [2.05, 4.69) is 11.9 Å². The third-order valence-electron chi connectivity index (χ3n) is 7.37. The summed E-state index contributed by atoms with van der Waals surface area (Å²) < 4.78 is 17.4. The van der Waals surface area contributed by atoms with Gasteiger partial charge in [-0.25, -0.2) is 4.79 Å². The number of ether oxygens (including phenoxy) is 2. The number of nitrogens with zero attached hydrogens (tertiary/aromatic N) is 1. The fourth-order valence-corrected chi connectivity index (χ4v) is 5.14. The van der Waals surface area contributed by atoms with E-state index in [1.807, 2.05) is 50.2 Å². The van der Waals surface area contributed by atoms with Gasteiger partial charge in [-0.3, -0.25) is 9.59 Å². The maximum atomic E-state index is 13.3. The summed E-state index contributed by atoms with van der Waals surface area (Å²) >= 11 is 0. The maximum absolute atomic E-state index is 13.3. The molecule has 4 aromatic rings. The number of hydrogen-bond donors (Lipinski definition) is 0. The summed E-state index contributed by atoms with van der Waals surface area (Å²) in [6.45, 7) is 7.17. The van der Waals surface area contributed by atoms with E-state index in [0.29, 0.717) is 28.2 Å². The highest BCUT2D eigenvalue weighted by Gasteiger charge is 2.21. The Hall–Kier alpha value is -4.23. The van der Waals surface area contributed by atoms with Crippen molar-refractivity contribution in [2.24, 2.45) is 0 Å². The molecule has 5 rings (SSSR count). The van der Waals surface area contributed by atoms with E-state index >= 15 is 0 Å². The van der Waals surface area contributed by atoms with Crippen LogP contribution < -0.4 is 15.1 Å². The number of aryl methyl sites for hydroxylation is 2. The number of piperidine rings is 1. The molecule has 0 bridgehead atoms. The molecule has 7 heteroatoms. The van der Waals surface area contributed by atoms with E-state index < -0.39 is 11.6 Å². The number of carbonyl (C=O) groups excluding carboxylic acids is 2. The molecule has 7 nitrogen and oxygen atoms in total. The SMILES string of the molecule is CC(=O)Oc1ccc(C(=O)Cc2cc3ccc(OC4CCN(C)CC4)c(C)c3oc2=O)cc1-c1cccc(C)c1. The van der Waals surface area contributed by atoms with Crippen LogP contribution in [0.3, 0.4) is 0 Å². The van der Waals surface area contributed by atoms with Gasteiger partial charge in [0.15, 0.2) is 5.78 Å². The van der Waals surface area contributed by atoms with Gasteiger partial charge < -0.3 is 18.8 Å². The lowest BCUT2D eigenvalue weighted by Gasteiger charge is -2.29. The molecule has 0 radical (unpaired) electrons. The molecule has 1 aliphatic rings. The van der Waals surface area contributed by atoms with Crippen LogP contribution in [0, 0.1) is 13.8 Å². The van der Waals surface area contributed by atoms with Crippen molar-refractivity contribution in [1.82, 2.24) is 4.90 Å². The molecule has 3 aromatic carbocycles. The molecule has 1 fully saturated rings. The van der Waals surface area contributed by atoms with Crippen LogP contribution in [0.15, 0.2) is 69.9 Å². The van der Waals surface area contributed by atoms with Crippen molar-refractivity contribution in [3.8, 4) is 22.6 Å². The fourth-order valence-electron chi connectivity index (χ4n) is 5.14. The van der Waals surface area contributed by atoms with Gasteiger partial charge in [-0.05, 0) is 75.7 Å². The van der Waals surface area contributed by atoms with E-state index in [-0.39, 0.29) is 23.9 Å². The van der Waals surface area contributed by atoms with Crippen LogP contribution in [0.4, 0.5) is 0 Å². The highest BCUT2D eigenvalue weighted by atomic mass is 16.5. The zero-order chi connectivity index (χ0) is 28.4. The first-order chi connectivity index (χ1) is 19.2. The number of rotatable bonds is 7. The highest BCUT2D eigenvalue weighted by Crippen LogP contribution is 2.33. The van der Waals surface area contributed by atoms with Gasteiger partial charge in [-0.15, -0.1) is 0 Å². The van der Waals surface area contributed by atoms with E-state index in [4.69, 9.17) is 13.9 Å². The Labute approximate surface area is 233 Å². The molecule has 206 valence electrons. The summed E-state index contributed by atoms with van der Waals surface area (Å²) in [5.74, 6) is 0.394. The smallest absolute Gasteiger partial charge is 0.339 e. The van der Waals surface area contributed by atoms with E-state index in [0.717, 1.165) is 48.0 Å². The van der Waals surface area contributed by atoms with Gasteiger partial charge in [0, 0.05) is 54.1 Å². The largest absolute Gasteiger partial charge is 0.490 e. The topological polar surface area (TPSA) is 86.1 Å². The van der Waals surface area contributed by atoms with Crippen molar-refractivity contribution in [3.63, 3.8) is 0 Å². The monoisotopic (exact) mass is 539 g/mol. The van der Waals surface area contributed by atoms with Crippen LogP contribution >= 0.6 is 0 Å². The van der Waals surface area contributed by atoms with Gasteiger partial charge in [0.25, 0.3) is 0 Å². The second-order valence-electron chi connectivity index (χ2n) is 10.6. The van der Waals surface area contributed by atoms with Gasteiger partial charge in [-0.2, -0.15) is 0 Å². The van der Waals surface area contributed by atoms with Crippen molar-refractivity contribution in [2.75, 3.05) is 20.1 Å². The summed E-state index contributed by atoms with van der Waals surface area (Å²) in [6.07, 6.45) is 1.91. The predicted octanol–water partition coefficient (Wildman–Crippen LogP) is 5.90. The summed E-state index contributed by atoms with van der Waals surface area (Å²) in [5.41, 5.74) is 3.87. The molecule has 2 heterocycles. The van der Waals surface area contributed by atoms with Crippen molar-refractivity contribution < 1.29 is 23.5 Å². The van der Waals surface area contributed by atoms with Crippen molar-refractivity contribution in [2.45, 2.75) is 46.1 Å². The van der Waals surface area contributed by atoms with Gasteiger partial charge in [0.2, 0.25) is 0 Å². The fraction of sp³-hybridized carbons (Fsp3) is 0.303.